The van der Waals surface area contributed by atoms with Crippen LogP contribution in [0.15, 0.2) is 30.7 Å². The summed E-state index contributed by atoms with van der Waals surface area (Å²) in [6.07, 6.45) is 9.54. The van der Waals surface area contributed by atoms with Gasteiger partial charge in [0.05, 0.1) is 29.7 Å². The van der Waals surface area contributed by atoms with E-state index >= 15 is 0 Å². The quantitative estimate of drug-likeness (QED) is 0.279. The summed E-state index contributed by atoms with van der Waals surface area (Å²) >= 11 is 0. The third-order valence-corrected chi connectivity index (χ3v) is 8.63. The van der Waals surface area contributed by atoms with Gasteiger partial charge in [-0.1, -0.05) is 0 Å². The van der Waals surface area contributed by atoms with Crippen LogP contribution in [0.25, 0.3) is 16.6 Å². The maximum absolute atomic E-state index is 13.4. The molecule has 1 aromatic carbocycles. The van der Waals surface area contributed by atoms with Crippen molar-refractivity contribution in [1.82, 2.24) is 34.2 Å². The fourth-order valence-corrected chi connectivity index (χ4v) is 5.83. The number of aromatic nitrogens is 5. The first-order valence-corrected chi connectivity index (χ1v) is 15.1. The number of anilines is 2. The predicted octanol–water partition coefficient (Wildman–Crippen LogP) is 2.84. The number of piperidine rings is 1. The predicted molar refractivity (Wildman–Crippen MR) is 150 cm³/mol. The number of halogens is 3. The Morgan fingerprint density at radius 2 is 1.76 bits per heavy atom. The third kappa shape index (κ3) is 5.65. The van der Waals surface area contributed by atoms with Crippen LogP contribution in [-0.4, -0.2) is 69.2 Å². The van der Waals surface area contributed by atoms with E-state index in [1.165, 1.54) is 28.2 Å². The first kappa shape index (κ1) is 28.4. The second-order valence-corrected chi connectivity index (χ2v) is 12.6. The lowest BCUT2D eigenvalue weighted by molar-refractivity contribution is -0.0448. The molecular formula is C26H30F3N9O3S. The molecule has 6 rings (SSSR count). The lowest BCUT2D eigenvalue weighted by Gasteiger charge is -2.34. The van der Waals surface area contributed by atoms with Gasteiger partial charge in [-0.05, 0) is 44.7 Å². The van der Waals surface area contributed by atoms with Crippen LogP contribution in [-0.2, 0) is 23.6 Å². The SMILES string of the molecule is Cc1cn2cc(NC(=O)c3ccc(N4CCC(NC5CC5)CC4)c4cn(C)nc34)nc2c(CNS(=O)(=O)C(F)(F)F)n1. The van der Waals surface area contributed by atoms with Gasteiger partial charge in [-0.25, -0.2) is 18.1 Å². The first-order valence-electron chi connectivity index (χ1n) is 13.6. The number of benzene rings is 1. The Bertz CT molecular complexity index is 1770. The number of carbonyl (C=O) groups is 1. The van der Waals surface area contributed by atoms with Crippen LogP contribution in [0.1, 0.15) is 47.4 Å². The first-order chi connectivity index (χ1) is 19.9. The van der Waals surface area contributed by atoms with Gasteiger partial charge in [0.25, 0.3) is 5.91 Å². The van der Waals surface area contributed by atoms with Crippen molar-refractivity contribution in [2.45, 2.75) is 56.7 Å². The van der Waals surface area contributed by atoms with Crippen LogP contribution >= 0.6 is 0 Å². The molecule has 4 aromatic rings. The minimum atomic E-state index is -5.57. The minimum Gasteiger partial charge on any atom is -0.371 e. The maximum Gasteiger partial charge on any atom is 0.511 e. The van der Waals surface area contributed by atoms with Gasteiger partial charge < -0.3 is 19.9 Å². The van der Waals surface area contributed by atoms with E-state index in [0.29, 0.717) is 28.9 Å². The molecule has 3 N–H and O–H groups in total. The number of alkyl halides is 3. The van der Waals surface area contributed by atoms with Crippen molar-refractivity contribution in [3.05, 3.63) is 47.7 Å². The Balaban J connectivity index is 1.22. The number of hydrogen-bond acceptors (Lipinski definition) is 8. The standard InChI is InChI=1S/C26H30F3N9O3S/c1-15-12-38-14-22(33-24(38)20(31-15)11-30-42(40,41)26(27,28)29)34-25(39)18-5-6-21(19-13-36(2)35-23(18)19)37-9-7-17(8-10-37)32-16-3-4-16/h5-6,12-14,16-17,30,32H,3-4,7-11H2,1-2H3,(H,34,39). The van der Waals surface area contributed by atoms with E-state index in [0.717, 1.165) is 37.0 Å². The van der Waals surface area contributed by atoms with Crippen molar-refractivity contribution in [3.8, 4) is 0 Å². The molecule has 1 saturated heterocycles. The van der Waals surface area contributed by atoms with Crippen molar-refractivity contribution >= 4 is 44.0 Å². The van der Waals surface area contributed by atoms with Gasteiger partial charge >= 0.3 is 15.5 Å². The van der Waals surface area contributed by atoms with Gasteiger partial charge in [-0.3, -0.25) is 14.5 Å². The van der Waals surface area contributed by atoms with Crippen molar-refractivity contribution in [2.24, 2.45) is 7.05 Å². The van der Waals surface area contributed by atoms with Gasteiger partial charge in [0, 0.05) is 55.7 Å². The number of amides is 1. The molecular weight excluding hydrogens is 575 g/mol. The highest BCUT2D eigenvalue weighted by Gasteiger charge is 2.45. The second kappa shape index (κ2) is 10.5. The van der Waals surface area contributed by atoms with Crippen molar-refractivity contribution in [1.29, 1.82) is 0 Å². The van der Waals surface area contributed by atoms with Crippen molar-refractivity contribution in [2.75, 3.05) is 23.3 Å². The Morgan fingerprint density at radius 1 is 1.05 bits per heavy atom. The summed E-state index contributed by atoms with van der Waals surface area (Å²) in [5.74, 6) is -0.351. The molecule has 1 amide bonds. The highest BCUT2D eigenvalue weighted by molar-refractivity contribution is 7.90. The lowest BCUT2D eigenvalue weighted by atomic mass is 10.0. The lowest BCUT2D eigenvalue weighted by Crippen LogP contribution is -2.43. The van der Waals surface area contributed by atoms with Crippen LogP contribution in [0.4, 0.5) is 24.7 Å². The molecule has 224 valence electrons. The number of carbonyl (C=O) groups excluding carboxylic acids is 1. The average Bonchev–Trinajstić information content (AvgIpc) is 3.50. The summed E-state index contributed by atoms with van der Waals surface area (Å²) in [6, 6.07) is 4.85. The fourth-order valence-electron chi connectivity index (χ4n) is 5.34. The second-order valence-electron chi connectivity index (χ2n) is 10.8. The highest BCUT2D eigenvalue weighted by atomic mass is 32.2. The Labute approximate surface area is 239 Å². The molecule has 2 fully saturated rings. The monoisotopic (exact) mass is 605 g/mol. The molecule has 1 saturated carbocycles. The zero-order valence-corrected chi connectivity index (χ0v) is 23.8. The summed E-state index contributed by atoms with van der Waals surface area (Å²) in [5, 5.41) is 11.8. The van der Waals surface area contributed by atoms with Crippen LogP contribution in [0.3, 0.4) is 0 Å². The smallest absolute Gasteiger partial charge is 0.371 e. The maximum atomic E-state index is 13.4. The molecule has 0 unspecified atom stereocenters. The van der Waals surface area contributed by atoms with Gasteiger partial charge in [-0.2, -0.15) is 18.3 Å². The molecule has 12 nitrogen and oxygen atoms in total. The third-order valence-electron chi connectivity index (χ3n) is 7.50. The summed E-state index contributed by atoms with van der Waals surface area (Å²) in [6.45, 7) is 2.67. The van der Waals surface area contributed by atoms with Crippen LogP contribution in [0, 0.1) is 6.92 Å². The van der Waals surface area contributed by atoms with Crippen molar-refractivity contribution < 1.29 is 26.4 Å². The van der Waals surface area contributed by atoms with Crippen molar-refractivity contribution in [3.63, 3.8) is 0 Å². The molecule has 42 heavy (non-hydrogen) atoms. The zero-order valence-electron chi connectivity index (χ0n) is 22.9. The average molecular weight is 606 g/mol. The molecule has 0 bridgehead atoms. The topological polar surface area (TPSA) is 139 Å². The number of imidazole rings is 1. The van der Waals surface area contributed by atoms with Gasteiger partial charge in [-0.15, -0.1) is 0 Å². The summed E-state index contributed by atoms with van der Waals surface area (Å²) in [5.41, 5.74) is -3.10. The molecule has 0 atom stereocenters. The molecule has 3 aromatic heterocycles. The summed E-state index contributed by atoms with van der Waals surface area (Å²) in [7, 11) is -3.78. The van der Waals surface area contributed by atoms with E-state index in [-0.39, 0.29) is 17.2 Å². The number of rotatable bonds is 8. The number of sulfonamides is 1. The van der Waals surface area contributed by atoms with E-state index in [9.17, 15) is 26.4 Å². The Hall–Kier alpha value is -3.76. The molecule has 1 aliphatic carbocycles. The minimum absolute atomic E-state index is 0.0316. The molecule has 0 spiro atoms. The highest BCUT2D eigenvalue weighted by Crippen LogP contribution is 2.32. The Morgan fingerprint density at radius 3 is 2.45 bits per heavy atom. The molecule has 2 aliphatic rings. The van der Waals surface area contributed by atoms with E-state index in [1.54, 1.807) is 30.9 Å². The van der Waals surface area contributed by atoms with Crippen LogP contribution < -0.4 is 20.3 Å². The van der Waals surface area contributed by atoms with E-state index in [4.69, 9.17) is 0 Å². The molecule has 0 radical (unpaired) electrons. The van der Waals surface area contributed by atoms with Gasteiger partial charge in [0.2, 0.25) is 0 Å². The number of nitrogens with zero attached hydrogens (tertiary/aromatic N) is 6. The largest absolute Gasteiger partial charge is 0.511 e. The number of fused-ring (bicyclic) bond motifs is 2. The summed E-state index contributed by atoms with van der Waals surface area (Å²) in [4.78, 5) is 24.2. The van der Waals surface area contributed by atoms with E-state index in [1.807, 2.05) is 12.3 Å². The molecule has 4 heterocycles. The van der Waals surface area contributed by atoms with Crippen LogP contribution in [0.5, 0.6) is 0 Å². The molecule has 1 aliphatic heterocycles. The zero-order chi connectivity index (χ0) is 29.8. The normalized spacial score (nSPS) is 16.9. The number of hydrogen-bond donors (Lipinski definition) is 3. The van der Waals surface area contributed by atoms with Crippen LogP contribution in [0.2, 0.25) is 0 Å². The number of nitrogens with one attached hydrogen (secondary N) is 3. The fraction of sp³-hybridized carbons (Fsp3) is 0.462. The van der Waals surface area contributed by atoms with Gasteiger partial charge in [0.1, 0.15) is 5.52 Å². The summed E-state index contributed by atoms with van der Waals surface area (Å²) < 4.78 is 66.0. The van der Waals surface area contributed by atoms with Gasteiger partial charge in [0.15, 0.2) is 11.5 Å². The van der Waals surface area contributed by atoms with E-state index in [2.05, 4.69) is 30.6 Å². The molecule has 16 heteroatoms. The van der Waals surface area contributed by atoms with E-state index < -0.39 is 28.0 Å². The number of aryl methyl sites for hydroxylation is 2. The Kier molecular flexibility index (Phi) is 7.09.